The predicted molar refractivity (Wildman–Crippen MR) is 85.0 cm³/mol. The van der Waals surface area contributed by atoms with Crippen LogP contribution in [0, 0.1) is 0 Å². The number of nitrogens with two attached hydrogens (primary N) is 1. The van der Waals surface area contributed by atoms with Gasteiger partial charge in [0.25, 0.3) is 0 Å². The van der Waals surface area contributed by atoms with E-state index in [1.807, 2.05) is 0 Å². The molecule has 6 heteroatoms. The molecule has 2 aliphatic carbocycles. The van der Waals surface area contributed by atoms with Crippen molar-refractivity contribution < 1.29 is 8.42 Å². The van der Waals surface area contributed by atoms with E-state index in [0.29, 0.717) is 18.5 Å². The average molecular weight is 313 g/mol. The SMILES string of the molecule is CS(=O)(=O)C1CCCC12CN=C(N)N2C1CCCCCC1. The lowest BCUT2D eigenvalue weighted by Gasteiger charge is -2.44. The lowest BCUT2D eigenvalue weighted by atomic mass is 9.92. The fraction of sp³-hybridized carbons (Fsp3) is 0.933. The first-order chi connectivity index (χ1) is 9.95. The Morgan fingerprint density at radius 3 is 2.43 bits per heavy atom. The largest absolute Gasteiger partial charge is 0.370 e. The van der Waals surface area contributed by atoms with E-state index in [4.69, 9.17) is 5.73 Å². The molecule has 2 fully saturated rings. The number of rotatable bonds is 2. The van der Waals surface area contributed by atoms with Crippen LogP contribution in [0.15, 0.2) is 4.99 Å². The summed E-state index contributed by atoms with van der Waals surface area (Å²) in [6.07, 6.45) is 11.2. The van der Waals surface area contributed by atoms with Crippen LogP contribution in [0.1, 0.15) is 57.8 Å². The summed E-state index contributed by atoms with van der Waals surface area (Å²) >= 11 is 0. The third-order valence-corrected chi connectivity index (χ3v) is 7.33. The molecule has 1 heterocycles. The second-order valence-corrected chi connectivity index (χ2v) is 9.23. The minimum atomic E-state index is -3.07. The van der Waals surface area contributed by atoms with Crippen LogP contribution < -0.4 is 5.73 Å². The number of hydrogen-bond donors (Lipinski definition) is 1. The van der Waals surface area contributed by atoms with Gasteiger partial charge in [0.2, 0.25) is 0 Å². The summed E-state index contributed by atoms with van der Waals surface area (Å²) in [5.41, 5.74) is 5.85. The summed E-state index contributed by atoms with van der Waals surface area (Å²) in [7, 11) is -3.07. The molecule has 3 aliphatic rings. The molecule has 0 bridgehead atoms. The number of hydrogen-bond acceptors (Lipinski definition) is 5. The summed E-state index contributed by atoms with van der Waals surface area (Å²) in [4.78, 5) is 6.71. The van der Waals surface area contributed by atoms with Gasteiger partial charge in [0.05, 0.1) is 17.3 Å². The molecule has 3 rings (SSSR count). The molecule has 0 aromatic heterocycles. The Balaban J connectivity index is 1.94. The van der Waals surface area contributed by atoms with Crippen molar-refractivity contribution in [2.75, 3.05) is 12.8 Å². The summed E-state index contributed by atoms with van der Waals surface area (Å²) in [6.45, 7) is 0.563. The lowest BCUT2D eigenvalue weighted by molar-refractivity contribution is 0.143. The van der Waals surface area contributed by atoms with Crippen LogP contribution >= 0.6 is 0 Å². The first kappa shape index (κ1) is 15.1. The minimum Gasteiger partial charge on any atom is -0.370 e. The van der Waals surface area contributed by atoms with Crippen molar-refractivity contribution in [2.45, 2.75) is 74.6 Å². The Hall–Kier alpha value is -0.780. The molecule has 1 spiro atoms. The first-order valence-electron chi connectivity index (χ1n) is 8.23. The van der Waals surface area contributed by atoms with Crippen LogP contribution in [0.3, 0.4) is 0 Å². The van der Waals surface area contributed by atoms with Crippen molar-refractivity contribution in [3.8, 4) is 0 Å². The van der Waals surface area contributed by atoms with E-state index in [1.165, 1.54) is 31.9 Å². The number of guanidine groups is 1. The van der Waals surface area contributed by atoms with Crippen molar-refractivity contribution in [1.29, 1.82) is 0 Å². The van der Waals surface area contributed by atoms with Gasteiger partial charge in [0.15, 0.2) is 15.8 Å². The Labute approximate surface area is 127 Å². The zero-order chi connectivity index (χ0) is 15.1. The van der Waals surface area contributed by atoms with Crippen molar-refractivity contribution in [3.63, 3.8) is 0 Å². The maximum Gasteiger partial charge on any atom is 0.192 e. The molecule has 2 unspecified atom stereocenters. The summed E-state index contributed by atoms with van der Waals surface area (Å²) in [5, 5.41) is -0.307. The Morgan fingerprint density at radius 1 is 1.14 bits per heavy atom. The summed E-state index contributed by atoms with van der Waals surface area (Å²) < 4.78 is 24.6. The third kappa shape index (κ3) is 2.56. The van der Waals surface area contributed by atoms with E-state index >= 15 is 0 Å². The van der Waals surface area contributed by atoms with Crippen molar-refractivity contribution in [3.05, 3.63) is 0 Å². The Kier molecular flexibility index (Phi) is 3.93. The highest BCUT2D eigenvalue weighted by Crippen LogP contribution is 2.44. The zero-order valence-corrected chi connectivity index (χ0v) is 13.7. The smallest absolute Gasteiger partial charge is 0.192 e. The van der Waals surface area contributed by atoms with Gasteiger partial charge in [0, 0.05) is 12.3 Å². The second kappa shape index (κ2) is 5.45. The number of sulfone groups is 1. The third-order valence-electron chi connectivity index (χ3n) is 5.62. The fourth-order valence-electron chi connectivity index (χ4n) is 4.76. The molecule has 2 atom stereocenters. The van der Waals surface area contributed by atoms with Gasteiger partial charge in [-0.15, -0.1) is 0 Å². The molecule has 0 radical (unpaired) electrons. The zero-order valence-electron chi connectivity index (χ0n) is 12.9. The lowest BCUT2D eigenvalue weighted by Crippen LogP contribution is -2.61. The Bertz CT molecular complexity index is 523. The molecule has 1 aliphatic heterocycles. The maximum atomic E-state index is 12.3. The average Bonchev–Trinajstić information content (AvgIpc) is 2.86. The van der Waals surface area contributed by atoms with Crippen molar-refractivity contribution in [1.82, 2.24) is 4.90 Å². The van der Waals surface area contributed by atoms with Gasteiger partial charge in [-0.1, -0.05) is 25.7 Å². The van der Waals surface area contributed by atoms with E-state index in [2.05, 4.69) is 9.89 Å². The molecule has 5 nitrogen and oxygen atoms in total. The molecule has 2 saturated carbocycles. The highest BCUT2D eigenvalue weighted by molar-refractivity contribution is 7.91. The molecule has 0 saturated heterocycles. The molecular weight excluding hydrogens is 286 g/mol. The van der Waals surface area contributed by atoms with Crippen LogP contribution in [-0.4, -0.2) is 48.9 Å². The highest BCUT2D eigenvalue weighted by atomic mass is 32.2. The van der Waals surface area contributed by atoms with Gasteiger partial charge >= 0.3 is 0 Å². The van der Waals surface area contributed by atoms with Crippen molar-refractivity contribution >= 4 is 15.8 Å². The highest BCUT2D eigenvalue weighted by Gasteiger charge is 2.56. The quantitative estimate of drug-likeness (QED) is 0.787. The molecule has 0 aromatic carbocycles. The van der Waals surface area contributed by atoms with Crippen LogP contribution in [0.25, 0.3) is 0 Å². The molecule has 0 aromatic rings. The second-order valence-electron chi connectivity index (χ2n) is 7.00. The minimum absolute atomic E-state index is 0.307. The normalized spacial score (nSPS) is 35.2. The van der Waals surface area contributed by atoms with Crippen LogP contribution in [0.5, 0.6) is 0 Å². The van der Waals surface area contributed by atoms with E-state index < -0.39 is 9.84 Å². The van der Waals surface area contributed by atoms with Crippen molar-refractivity contribution in [2.24, 2.45) is 10.7 Å². The molecule has 0 amide bonds. The van der Waals surface area contributed by atoms with E-state index in [0.717, 1.165) is 32.1 Å². The van der Waals surface area contributed by atoms with Gasteiger partial charge in [-0.25, -0.2) is 8.42 Å². The summed E-state index contributed by atoms with van der Waals surface area (Å²) in [6, 6.07) is 0.376. The standard InChI is InChI=1S/C15H27N3O2S/c1-21(19,20)13-9-6-10-15(13)11-17-14(16)18(15)12-7-4-2-3-5-8-12/h12-13H,2-11H2,1H3,(H2,16,17). The number of nitrogens with zero attached hydrogens (tertiary/aromatic N) is 2. The topological polar surface area (TPSA) is 75.8 Å². The van der Waals surface area contributed by atoms with E-state index in [9.17, 15) is 8.42 Å². The van der Waals surface area contributed by atoms with E-state index in [1.54, 1.807) is 0 Å². The van der Waals surface area contributed by atoms with Crippen LogP contribution in [-0.2, 0) is 9.84 Å². The van der Waals surface area contributed by atoms with Crippen LogP contribution in [0.2, 0.25) is 0 Å². The van der Waals surface area contributed by atoms with Crippen LogP contribution in [0.4, 0.5) is 0 Å². The first-order valence-corrected chi connectivity index (χ1v) is 10.2. The van der Waals surface area contributed by atoms with Gasteiger partial charge < -0.3 is 10.6 Å². The van der Waals surface area contributed by atoms with Gasteiger partial charge in [-0.2, -0.15) is 0 Å². The van der Waals surface area contributed by atoms with Gasteiger partial charge in [-0.05, 0) is 32.1 Å². The number of aliphatic imine (C=N–C) groups is 1. The fourth-order valence-corrected chi connectivity index (χ4v) is 6.46. The molecule has 21 heavy (non-hydrogen) atoms. The van der Waals surface area contributed by atoms with Gasteiger partial charge in [0.1, 0.15) is 0 Å². The molecule has 2 N–H and O–H groups in total. The maximum absolute atomic E-state index is 12.3. The van der Waals surface area contributed by atoms with Gasteiger partial charge in [-0.3, -0.25) is 4.99 Å². The molecule has 120 valence electrons. The summed E-state index contributed by atoms with van der Waals surface area (Å²) in [5.74, 6) is 0.581. The predicted octanol–water partition coefficient (Wildman–Crippen LogP) is 1.68. The molecular formula is C15H27N3O2S. The van der Waals surface area contributed by atoms with E-state index in [-0.39, 0.29) is 10.8 Å². The monoisotopic (exact) mass is 313 g/mol. The Morgan fingerprint density at radius 2 is 1.81 bits per heavy atom.